The number of hydrogen-bond donors (Lipinski definition) is 2. The minimum absolute atomic E-state index is 0.250. The zero-order valence-electron chi connectivity index (χ0n) is 15.7. The molecule has 2 N–H and O–H groups in total. The summed E-state index contributed by atoms with van der Waals surface area (Å²) in [6, 6.07) is 1.44. The van der Waals surface area contributed by atoms with Crippen LogP contribution in [0.15, 0.2) is 12.1 Å². The molecule has 1 atom stereocenters. The first-order valence-electron chi connectivity index (χ1n) is 8.42. The maximum Gasteiger partial charge on any atom is 0.405 e. The first kappa shape index (κ1) is 21.5. The van der Waals surface area contributed by atoms with Crippen molar-refractivity contribution >= 4 is 17.6 Å². The van der Waals surface area contributed by atoms with Crippen LogP contribution >= 0.6 is 0 Å². The Balaban J connectivity index is 2.12. The molecule has 156 valence electrons. The molecule has 1 fully saturated rings. The quantitative estimate of drug-likeness (QED) is 0.759. The van der Waals surface area contributed by atoms with Crippen LogP contribution in [0.1, 0.15) is 12.8 Å². The van der Waals surface area contributed by atoms with Crippen LogP contribution in [0.4, 0.5) is 23.7 Å². The van der Waals surface area contributed by atoms with E-state index in [4.69, 9.17) is 14.2 Å². The molecule has 1 aromatic carbocycles. The normalized spacial score (nSPS) is 16.5. The highest BCUT2D eigenvalue weighted by Crippen LogP contribution is 2.40. The number of urea groups is 1. The Morgan fingerprint density at radius 1 is 1.14 bits per heavy atom. The summed E-state index contributed by atoms with van der Waals surface area (Å²) in [4.78, 5) is 25.8. The van der Waals surface area contributed by atoms with Gasteiger partial charge in [0.1, 0.15) is 12.6 Å². The summed E-state index contributed by atoms with van der Waals surface area (Å²) in [5.41, 5.74) is 0.320. The number of ether oxygens (including phenoxy) is 3. The van der Waals surface area contributed by atoms with E-state index in [0.29, 0.717) is 29.4 Å². The fourth-order valence-corrected chi connectivity index (χ4v) is 2.94. The number of alkyl halides is 3. The molecule has 28 heavy (non-hydrogen) atoms. The Morgan fingerprint density at radius 2 is 1.75 bits per heavy atom. The van der Waals surface area contributed by atoms with E-state index in [1.807, 2.05) is 5.32 Å². The van der Waals surface area contributed by atoms with Crippen molar-refractivity contribution in [3.63, 3.8) is 0 Å². The largest absolute Gasteiger partial charge is 0.493 e. The van der Waals surface area contributed by atoms with Crippen LogP contribution in [0.3, 0.4) is 0 Å². The van der Waals surface area contributed by atoms with Crippen LogP contribution in [-0.2, 0) is 4.79 Å². The van der Waals surface area contributed by atoms with Crippen molar-refractivity contribution < 1.29 is 37.0 Å². The van der Waals surface area contributed by atoms with E-state index < -0.39 is 30.7 Å². The first-order chi connectivity index (χ1) is 13.2. The fourth-order valence-electron chi connectivity index (χ4n) is 2.94. The summed E-state index contributed by atoms with van der Waals surface area (Å²) in [5.74, 6) is 0.138. The zero-order valence-corrected chi connectivity index (χ0v) is 15.7. The molecule has 2 rings (SSSR count). The molecule has 0 unspecified atom stereocenters. The second-order valence-corrected chi connectivity index (χ2v) is 6.03. The van der Waals surface area contributed by atoms with E-state index in [1.165, 1.54) is 38.4 Å². The van der Waals surface area contributed by atoms with Gasteiger partial charge in [0.15, 0.2) is 11.5 Å². The van der Waals surface area contributed by atoms with E-state index in [2.05, 4.69) is 5.32 Å². The topological polar surface area (TPSA) is 89.1 Å². The molecule has 11 heteroatoms. The third-order valence-electron chi connectivity index (χ3n) is 4.20. The third-order valence-corrected chi connectivity index (χ3v) is 4.20. The van der Waals surface area contributed by atoms with Gasteiger partial charge in [0.05, 0.1) is 27.0 Å². The van der Waals surface area contributed by atoms with E-state index in [0.717, 1.165) is 0 Å². The number of hydrogen-bond acceptors (Lipinski definition) is 5. The van der Waals surface area contributed by atoms with Crippen LogP contribution in [0, 0.1) is 0 Å². The number of methoxy groups -OCH3 is 3. The van der Waals surface area contributed by atoms with Crippen molar-refractivity contribution in [2.75, 3.05) is 39.7 Å². The number of likely N-dealkylation sites (tertiary alicyclic amines) is 1. The average Bonchev–Trinajstić information content (AvgIpc) is 3.14. The number of anilines is 1. The van der Waals surface area contributed by atoms with Gasteiger partial charge in [-0.2, -0.15) is 13.2 Å². The Labute approximate surface area is 159 Å². The van der Waals surface area contributed by atoms with Crippen LogP contribution in [0.5, 0.6) is 17.2 Å². The number of carbonyl (C=O) groups excluding carboxylic acids is 2. The predicted octanol–water partition coefficient (Wildman–Crippen LogP) is 2.39. The standard InChI is InChI=1S/C17H22F3N3O5/c1-26-12-7-10(8-13(27-2)14(12)28-3)22-16(25)23-6-4-5-11(23)15(24)21-9-17(18,19)20/h7-8,11H,4-6,9H2,1-3H3,(H,21,24)(H,22,25)/t11-/m1/s1. The lowest BCUT2D eigenvalue weighted by atomic mass is 10.2. The number of benzene rings is 1. The number of halogens is 3. The molecular formula is C17H22F3N3O5. The third kappa shape index (κ3) is 5.11. The predicted molar refractivity (Wildman–Crippen MR) is 93.9 cm³/mol. The van der Waals surface area contributed by atoms with Gasteiger partial charge in [-0.25, -0.2) is 4.79 Å². The highest BCUT2D eigenvalue weighted by molar-refractivity contribution is 5.94. The van der Waals surface area contributed by atoms with Gasteiger partial charge in [0.25, 0.3) is 0 Å². The molecule has 0 spiro atoms. The zero-order chi connectivity index (χ0) is 20.9. The maximum atomic E-state index is 12.6. The molecular weight excluding hydrogens is 383 g/mol. The average molecular weight is 405 g/mol. The molecule has 0 bridgehead atoms. The molecule has 0 saturated carbocycles. The molecule has 1 saturated heterocycles. The summed E-state index contributed by atoms with van der Waals surface area (Å²) in [7, 11) is 4.28. The summed E-state index contributed by atoms with van der Waals surface area (Å²) >= 11 is 0. The van der Waals surface area contributed by atoms with Crippen molar-refractivity contribution in [2.24, 2.45) is 0 Å². The van der Waals surface area contributed by atoms with Crippen molar-refractivity contribution in [1.82, 2.24) is 10.2 Å². The Morgan fingerprint density at radius 3 is 2.25 bits per heavy atom. The van der Waals surface area contributed by atoms with Gasteiger partial charge in [-0.15, -0.1) is 0 Å². The second-order valence-electron chi connectivity index (χ2n) is 6.03. The molecule has 0 aromatic heterocycles. The Bertz CT molecular complexity index is 701. The number of amides is 3. The van der Waals surface area contributed by atoms with Gasteiger partial charge < -0.3 is 29.7 Å². The summed E-state index contributed by atoms with van der Waals surface area (Å²) in [6.07, 6.45) is -3.73. The van der Waals surface area contributed by atoms with Crippen molar-refractivity contribution in [3.05, 3.63) is 12.1 Å². The van der Waals surface area contributed by atoms with Crippen molar-refractivity contribution in [1.29, 1.82) is 0 Å². The summed E-state index contributed by atoms with van der Waals surface area (Å²) in [6.45, 7) is -1.19. The summed E-state index contributed by atoms with van der Waals surface area (Å²) < 4.78 is 52.5. The SMILES string of the molecule is COc1cc(NC(=O)N2CCC[C@@H]2C(=O)NCC(F)(F)F)cc(OC)c1OC. The van der Waals surface area contributed by atoms with Gasteiger partial charge in [0.2, 0.25) is 11.7 Å². The van der Waals surface area contributed by atoms with Gasteiger partial charge >= 0.3 is 12.2 Å². The van der Waals surface area contributed by atoms with Crippen LogP contribution in [0.2, 0.25) is 0 Å². The number of nitrogens with one attached hydrogen (secondary N) is 2. The Kier molecular flexibility index (Phi) is 6.81. The van der Waals surface area contributed by atoms with Gasteiger partial charge in [-0.3, -0.25) is 4.79 Å². The van der Waals surface area contributed by atoms with E-state index >= 15 is 0 Å². The molecule has 1 heterocycles. The van der Waals surface area contributed by atoms with Crippen molar-refractivity contribution in [2.45, 2.75) is 25.1 Å². The van der Waals surface area contributed by atoms with Crippen LogP contribution in [-0.4, -0.2) is 63.5 Å². The minimum atomic E-state index is -4.52. The van der Waals surface area contributed by atoms with Gasteiger partial charge in [0, 0.05) is 18.7 Å². The molecule has 1 aromatic rings. The lowest BCUT2D eigenvalue weighted by molar-refractivity contribution is -0.140. The number of rotatable bonds is 6. The second kappa shape index (κ2) is 8.89. The molecule has 3 amide bonds. The highest BCUT2D eigenvalue weighted by Gasteiger charge is 2.36. The lowest BCUT2D eigenvalue weighted by Crippen LogP contribution is -2.49. The van der Waals surface area contributed by atoms with Crippen LogP contribution < -0.4 is 24.8 Å². The molecule has 1 aliphatic rings. The molecule has 1 aliphatic heterocycles. The summed E-state index contributed by atoms with van der Waals surface area (Å²) in [5, 5.41) is 4.43. The minimum Gasteiger partial charge on any atom is -0.493 e. The van der Waals surface area contributed by atoms with Gasteiger partial charge in [-0.05, 0) is 12.8 Å². The van der Waals surface area contributed by atoms with Crippen molar-refractivity contribution in [3.8, 4) is 17.2 Å². The fraction of sp³-hybridized carbons (Fsp3) is 0.529. The molecule has 0 radical (unpaired) electrons. The number of carbonyl (C=O) groups is 2. The maximum absolute atomic E-state index is 12.6. The highest BCUT2D eigenvalue weighted by atomic mass is 19.4. The molecule has 8 nitrogen and oxygen atoms in total. The lowest BCUT2D eigenvalue weighted by Gasteiger charge is -2.25. The molecule has 0 aliphatic carbocycles. The smallest absolute Gasteiger partial charge is 0.405 e. The van der Waals surface area contributed by atoms with E-state index in [-0.39, 0.29) is 13.0 Å². The van der Waals surface area contributed by atoms with Gasteiger partial charge in [-0.1, -0.05) is 0 Å². The Hall–Kier alpha value is -2.85. The van der Waals surface area contributed by atoms with Crippen LogP contribution in [0.25, 0.3) is 0 Å². The monoisotopic (exact) mass is 405 g/mol. The first-order valence-corrected chi connectivity index (χ1v) is 8.42. The van der Waals surface area contributed by atoms with E-state index in [1.54, 1.807) is 0 Å². The van der Waals surface area contributed by atoms with E-state index in [9.17, 15) is 22.8 Å². The number of nitrogens with zero attached hydrogens (tertiary/aromatic N) is 1.